The molecule has 0 aliphatic carbocycles. The van der Waals surface area contributed by atoms with E-state index in [0.29, 0.717) is 22.7 Å². The van der Waals surface area contributed by atoms with Crippen molar-refractivity contribution in [3.8, 4) is 11.5 Å². The van der Waals surface area contributed by atoms with Crippen molar-refractivity contribution >= 4 is 28.4 Å². The Kier molecular flexibility index (Phi) is 5.18. The molecule has 1 heterocycles. The van der Waals surface area contributed by atoms with Crippen molar-refractivity contribution in [1.29, 1.82) is 0 Å². The van der Waals surface area contributed by atoms with E-state index >= 15 is 0 Å². The molecule has 0 N–H and O–H groups in total. The fourth-order valence-electron chi connectivity index (χ4n) is 3.76. The number of carbonyl (C=O) groups excluding carboxylic acids is 2. The minimum absolute atomic E-state index is 0.435. The number of nitrogens with zero attached hydrogens (tertiary/aromatic N) is 1. The van der Waals surface area contributed by atoms with Gasteiger partial charge < -0.3 is 23.8 Å². The molecule has 1 aliphatic rings. The second kappa shape index (κ2) is 7.94. The maximum absolute atomic E-state index is 13.0. The average Bonchev–Trinajstić information content (AvgIpc) is 2.81. The molecule has 0 saturated carbocycles. The number of benzene rings is 3. The number of fused-ring (bicyclic) bond motifs is 3. The Morgan fingerprint density at radius 2 is 1.57 bits per heavy atom. The largest absolute Gasteiger partial charge is 0.497 e. The molecule has 0 aromatic heterocycles. The van der Waals surface area contributed by atoms with Crippen LogP contribution in [-0.2, 0) is 19.1 Å². The number of ether oxygens (including phenoxy) is 4. The molecule has 0 bridgehead atoms. The van der Waals surface area contributed by atoms with Crippen LogP contribution in [-0.4, -0.2) is 39.5 Å². The summed E-state index contributed by atoms with van der Waals surface area (Å²) in [5, 5.41) is 1.78. The van der Waals surface area contributed by atoms with Crippen LogP contribution in [0.2, 0.25) is 0 Å². The third-order valence-corrected chi connectivity index (χ3v) is 5.17. The summed E-state index contributed by atoms with van der Waals surface area (Å²) in [7, 11) is 4.17. The van der Waals surface area contributed by atoms with Crippen LogP contribution in [0, 0.1) is 0 Å². The zero-order valence-corrected chi connectivity index (χ0v) is 16.8. The first kappa shape index (κ1) is 19.6. The number of hydrogen-bond acceptors (Lipinski definition) is 7. The van der Waals surface area contributed by atoms with Crippen LogP contribution in [0.5, 0.6) is 11.5 Å². The van der Waals surface area contributed by atoms with Gasteiger partial charge in [0, 0.05) is 11.3 Å². The summed E-state index contributed by atoms with van der Waals surface area (Å²) in [5.74, 6) is -0.0600. The van der Waals surface area contributed by atoms with Crippen LogP contribution >= 0.6 is 0 Å². The highest BCUT2D eigenvalue weighted by molar-refractivity contribution is 5.97. The summed E-state index contributed by atoms with van der Waals surface area (Å²) in [6.07, 6.45) is -1.17. The standard InChI is InChI=1S/C23H21NO6/c1-27-16-11-9-15(10-12-16)24-20(22(25)28-2)19-17-7-5-4-6-14(17)8-13-18(19)30-21(24)23(26)29-3/h4-13,20-21H,1-3H3/t20?,21-/m0/s1. The highest BCUT2D eigenvalue weighted by atomic mass is 16.6. The first-order valence-corrected chi connectivity index (χ1v) is 9.35. The molecule has 0 saturated heterocycles. The quantitative estimate of drug-likeness (QED) is 0.613. The van der Waals surface area contributed by atoms with Gasteiger partial charge in [-0.1, -0.05) is 30.3 Å². The lowest BCUT2D eigenvalue weighted by atomic mass is 9.94. The van der Waals surface area contributed by atoms with E-state index in [1.807, 2.05) is 30.3 Å². The Morgan fingerprint density at radius 1 is 0.867 bits per heavy atom. The number of esters is 2. The molecule has 0 spiro atoms. The predicted molar refractivity (Wildman–Crippen MR) is 111 cm³/mol. The minimum Gasteiger partial charge on any atom is -0.497 e. The molecule has 1 unspecified atom stereocenters. The summed E-state index contributed by atoms with van der Waals surface area (Å²) < 4.78 is 21.4. The minimum atomic E-state index is -1.17. The van der Waals surface area contributed by atoms with Gasteiger partial charge in [0.2, 0.25) is 0 Å². The second-order valence-corrected chi connectivity index (χ2v) is 6.72. The van der Waals surface area contributed by atoms with Crippen LogP contribution in [0.3, 0.4) is 0 Å². The predicted octanol–water partition coefficient (Wildman–Crippen LogP) is 3.46. The summed E-state index contributed by atoms with van der Waals surface area (Å²) >= 11 is 0. The number of methoxy groups -OCH3 is 3. The van der Waals surface area contributed by atoms with E-state index in [1.165, 1.54) is 14.2 Å². The van der Waals surface area contributed by atoms with Crippen molar-refractivity contribution in [2.45, 2.75) is 12.3 Å². The molecule has 3 aromatic carbocycles. The molecule has 1 aliphatic heterocycles. The molecule has 4 rings (SSSR count). The second-order valence-electron chi connectivity index (χ2n) is 6.72. The Morgan fingerprint density at radius 3 is 2.23 bits per heavy atom. The molecule has 2 atom stereocenters. The van der Waals surface area contributed by atoms with Gasteiger partial charge >= 0.3 is 11.9 Å². The maximum Gasteiger partial charge on any atom is 0.369 e. The summed E-state index contributed by atoms with van der Waals surface area (Å²) in [6.45, 7) is 0. The molecule has 30 heavy (non-hydrogen) atoms. The van der Waals surface area contributed by atoms with Crippen LogP contribution in [0.1, 0.15) is 11.6 Å². The summed E-state index contributed by atoms with van der Waals surface area (Å²) in [4.78, 5) is 27.3. The third kappa shape index (κ3) is 3.18. The van der Waals surface area contributed by atoms with Gasteiger partial charge in [-0.25, -0.2) is 9.59 Å². The first-order chi connectivity index (χ1) is 14.6. The van der Waals surface area contributed by atoms with E-state index in [4.69, 9.17) is 18.9 Å². The summed E-state index contributed by atoms with van der Waals surface area (Å²) in [5.41, 5.74) is 1.22. The van der Waals surface area contributed by atoms with Crippen molar-refractivity contribution in [3.05, 3.63) is 66.2 Å². The van der Waals surface area contributed by atoms with E-state index in [-0.39, 0.29) is 0 Å². The molecule has 0 radical (unpaired) electrons. The normalized spacial score (nSPS) is 17.6. The van der Waals surface area contributed by atoms with Crippen molar-refractivity contribution in [2.24, 2.45) is 0 Å². The molecule has 0 amide bonds. The van der Waals surface area contributed by atoms with Crippen molar-refractivity contribution in [2.75, 3.05) is 26.2 Å². The SMILES string of the molecule is COC(=O)C1c2c(ccc3ccccc23)O[C@@H](C(=O)OC)N1c1ccc(OC)cc1. The third-order valence-electron chi connectivity index (χ3n) is 5.17. The highest BCUT2D eigenvalue weighted by Gasteiger charge is 2.45. The lowest BCUT2D eigenvalue weighted by molar-refractivity contribution is -0.151. The van der Waals surface area contributed by atoms with Gasteiger partial charge in [0.05, 0.1) is 21.3 Å². The average molecular weight is 407 g/mol. The van der Waals surface area contributed by atoms with Crippen molar-refractivity contribution in [1.82, 2.24) is 0 Å². The van der Waals surface area contributed by atoms with E-state index in [1.54, 1.807) is 42.3 Å². The van der Waals surface area contributed by atoms with Gasteiger partial charge in [0.25, 0.3) is 6.23 Å². The van der Waals surface area contributed by atoms with Crippen LogP contribution in [0.4, 0.5) is 5.69 Å². The topological polar surface area (TPSA) is 74.3 Å². The fraction of sp³-hybridized carbons (Fsp3) is 0.217. The van der Waals surface area contributed by atoms with Gasteiger partial charge in [-0.15, -0.1) is 0 Å². The highest BCUT2D eigenvalue weighted by Crippen LogP contribution is 2.44. The van der Waals surface area contributed by atoms with Gasteiger partial charge in [-0.05, 0) is 41.1 Å². The van der Waals surface area contributed by atoms with E-state index in [9.17, 15) is 9.59 Å². The molecule has 7 heteroatoms. The molecular weight excluding hydrogens is 386 g/mol. The fourth-order valence-corrected chi connectivity index (χ4v) is 3.76. The molecular formula is C23H21NO6. The Hall–Kier alpha value is -3.74. The zero-order chi connectivity index (χ0) is 21.3. The van der Waals surface area contributed by atoms with Crippen LogP contribution in [0.15, 0.2) is 60.7 Å². The van der Waals surface area contributed by atoms with Gasteiger partial charge in [-0.2, -0.15) is 0 Å². The van der Waals surface area contributed by atoms with Crippen molar-refractivity contribution < 1.29 is 28.5 Å². The number of rotatable bonds is 4. The smallest absolute Gasteiger partial charge is 0.369 e. The van der Waals surface area contributed by atoms with Gasteiger partial charge in [-0.3, -0.25) is 0 Å². The van der Waals surface area contributed by atoms with Gasteiger partial charge in [0.1, 0.15) is 11.5 Å². The Bertz CT molecular complexity index is 1090. The zero-order valence-electron chi connectivity index (χ0n) is 16.8. The van der Waals surface area contributed by atoms with Gasteiger partial charge in [0.15, 0.2) is 6.04 Å². The van der Waals surface area contributed by atoms with Crippen LogP contribution < -0.4 is 14.4 Å². The van der Waals surface area contributed by atoms with E-state index in [2.05, 4.69) is 0 Å². The monoisotopic (exact) mass is 407 g/mol. The molecule has 0 fully saturated rings. The lowest BCUT2D eigenvalue weighted by Crippen LogP contribution is -2.53. The number of carbonyl (C=O) groups is 2. The summed E-state index contributed by atoms with van der Waals surface area (Å²) in [6, 6.07) is 17.4. The van der Waals surface area contributed by atoms with Crippen molar-refractivity contribution in [3.63, 3.8) is 0 Å². The molecule has 3 aromatic rings. The number of anilines is 1. The van der Waals surface area contributed by atoms with E-state index < -0.39 is 24.2 Å². The van der Waals surface area contributed by atoms with Crippen LogP contribution in [0.25, 0.3) is 10.8 Å². The van der Waals surface area contributed by atoms with E-state index in [0.717, 1.165) is 10.8 Å². The number of hydrogen-bond donors (Lipinski definition) is 0. The maximum atomic E-state index is 13.0. The molecule has 7 nitrogen and oxygen atoms in total. The Balaban J connectivity index is 1.97. The Labute approximate surface area is 173 Å². The lowest BCUT2D eigenvalue weighted by Gasteiger charge is -2.41. The molecule has 154 valence electrons. The first-order valence-electron chi connectivity index (χ1n) is 9.35.